The zero-order chi connectivity index (χ0) is 19.1. The minimum Gasteiger partial charge on any atom is -0.481 e. The molecule has 1 aromatic carbocycles. The molecule has 1 saturated heterocycles. The molecule has 4 rings (SSSR count). The van der Waals surface area contributed by atoms with Gasteiger partial charge in [0.05, 0.1) is 11.3 Å². The first kappa shape index (κ1) is 17.9. The average molecular weight is 382 g/mol. The molecule has 0 spiro atoms. The Balaban J connectivity index is 1.81. The van der Waals surface area contributed by atoms with Crippen LogP contribution in [0.5, 0.6) is 0 Å². The van der Waals surface area contributed by atoms with Crippen molar-refractivity contribution >= 4 is 33.3 Å². The molecule has 5 nitrogen and oxygen atoms in total. The van der Waals surface area contributed by atoms with Crippen LogP contribution >= 0.6 is 11.3 Å². The maximum atomic E-state index is 11.3. The van der Waals surface area contributed by atoms with Gasteiger partial charge in [-0.05, 0) is 50.3 Å². The first-order valence-electron chi connectivity index (χ1n) is 9.25. The second-order valence-corrected chi connectivity index (χ2v) is 8.51. The normalized spacial score (nSPS) is 15.4. The summed E-state index contributed by atoms with van der Waals surface area (Å²) in [6.45, 7) is 7.82. The van der Waals surface area contributed by atoms with Gasteiger partial charge < -0.3 is 10.0 Å². The third kappa shape index (κ3) is 3.18. The summed E-state index contributed by atoms with van der Waals surface area (Å²) in [5, 5.41) is 10.4. The maximum absolute atomic E-state index is 11.3. The molecule has 140 valence electrons. The number of hydrogen-bond acceptors (Lipinski definition) is 5. The number of rotatable bonds is 3. The summed E-state index contributed by atoms with van der Waals surface area (Å²) in [5.41, 5.74) is 4.95. The number of carboxylic acids is 1. The number of aliphatic carboxylic acids is 1. The fraction of sp³-hybridized carbons (Fsp3) is 0.381. The molecule has 0 aliphatic carbocycles. The van der Waals surface area contributed by atoms with Gasteiger partial charge in [-0.15, -0.1) is 11.3 Å². The molecule has 27 heavy (non-hydrogen) atoms. The molecular formula is C21H23N3O2S. The predicted molar refractivity (Wildman–Crippen MR) is 110 cm³/mol. The van der Waals surface area contributed by atoms with Gasteiger partial charge in [0, 0.05) is 23.5 Å². The number of nitrogens with zero attached hydrogens (tertiary/aromatic N) is 3. The summed E-state index contributed by atoms with van der Waals surface area (Å²) in [6.07, 6.45) is 2.94. The molecule has 3 aromatic rings. The van der Waals surface area contributed by atoms with Crippen LogP contribution in [0.3, 0.4) is 0 Å². The van der Waals surface area contributed by atoms with E-state index in [2.05, 4.69) is 53.8 Å². The molecule has 0 radical (unpaired) electrons. The number of fused-ring (bicyclic) bond motifs is 1. The number of aromatic nitrogens is 2. The molecule has 6 heteroatoms. The van der Waals surface area contributed by atoms with Crippen LogP contribution in [0.15, 0.2) is 24.5 Å². The van der Waals surface area contributed by atoms with Crippen molar-refractivity contribution in [2.24, 2.45) is 5.92 Å². The zero-order valence-electron chi connectivity index (χ0n) is 15.8. The van der Waals surface area contributed by atoms with E-state index in [4.69, 9.17) is 0 Å². The highest BCUT2D eigenvalue weighted by molar-refractivity contribution is 7.19. The van der Waals surface area contributed by atoms with Crippen molar-refractivity contribution in [1.29, 1.82) is 0 Å². The SMILES string of the molecule is Cc1ccc(-c2c(C)sc3ncnc(N4CCC(C(=O)O)CC4)c23)cc1C. The average Bonchev–Trinajstić information content (AvgIpc) is 3.00. The lowest BCUT2D eigenvalue weighted by Gasteiger charge is -2.31. The first-order valence-corrected chi connectivity index (χ1v) is 10.1. The van der Waals surface area contributed by atoms with Crippen LogP contribution in [0.4, 0.5) is 5.82 Å². The lowest BCUT2D eigenvalue weighted by atomic mass is 9.96. The molecule has 0 saturated carbocycles. The van der Waals surface area contributed by atoms with Crippen LogP contribution in [0.1, 0.15) is 28.8 Å². The maximum Gasteiger partial charge on any atom is 0.306 e. The van der Waals surface area contributed by atoms with Gasteiger partial charge in [-0.1, -0.05) is 18.2 Å². The van der Waals surface area contributed by atoms with Gasteiger partial charge in [-0.2, -0.15) is 0 Å². The molecule has 3 heterocycles. The van der Waals surface area contributed by atoms with E-state index >= 15 is 0 Å². The van der Waals surface area contributed by atoms with Crippen LogP contribution < -0.4 is 4.90 Å². The van der Waals surface area contributed by atoms with Crippen molar-refractivity contribution in [3.05, 3.63) is 40.5 Å². The van der Waals surface area contributed by atoms with Crippen LogP contribution in [0, 0.1) is 26.7 Å². The highest BCUT2D eigenvalue weighted by Crippen LogP contribution is 2.42. The van der Waals surface area contributed by atoms with Gasteiger partial charge in [-0.3, -0.25) is 4.79 Å². The van der Waals surface area contributed by atoms with Gasteiger partial charge in [0.2, 0.25) is 0 Å². The lowest BCUT2D eigenvalue weighted by molar-refractivity contribution is -0.142. The predicted octanol–water partition coefficient (Wildman–Crippen LogP) is 4.58. The van der Waals surface area contributed by atoms with Crippen LogP contribution in [0.25, 0.3) is 21.3 Å². The molecule has 1 fully saturated rings. The topological polar surface area (TPSA) is 66.3 Å². The summed E-state index contributed by atoms with van der Waals surface area (Å²) in [6, 6.07) is 6.57. The van der Waals surface area contributed by atoms with Crippen LogP contribution in [0.2, 0.25) is 0 Å². The lowest BCUT2D eigenvalue weighted by Crippen LogP contribution is -2.36. The van der Waals surface area contributed by atoms with Crippen molar-refractivity contribution in [1.82, 2.24) is 9.97 Å². The minimum atomic E-state index is -0.690. The Labute approximate surface area is 162 Å². The Morgan fingerprint density at radius 2 is 1.89 bits per heavy atom. The summed E-state index contributed by atoms with van der Waals surface area (Å²) >= 11 is 1.70. The van der Waals surface area contributed by atoms with Crippen molar-refractivity contribution in [3.63, 3.8) is 0 Å². The van der Waals surface area contributed by atoms with Gasteiger partial charge in [0.1, 0.15) is 17.0 Å². The Kier molecular flexibility index (Phi) is 4.60. The fourth-order valence-electron chi connectivity index (χ4n) is 3.85. The van der Waals surface area contributed by atoms with Gasteiger partial charge in [-0.25, -0.2) is 9.97 Å². The fourth-order valence-corrected chi connectivity index (χ4v) is 4.86. The highest BCUT2D eigenvalue weighted by Gasteiger charge is 2.27. The number of thiophene rings is 1. The smallest absolute Gasteiger partial charge is 0.306 e. The Morgan fingerprint density at radius 3 is 2.56 bits per heavy atom. The molecule has 0 bridgehead atoms. The van der Waals surface area contributed by atoms with Gasteiger partial charge in [0.25, 0.3) is 0 Å². The van der Waals surface area contributed by atoms with Crippen molar-refractivity contribution in [3.8, 4) is 11.1 Å². The minimum absolute atomic E-state index is 0.248. The monoisotopic (exact) mass is 381 g/mol. The van der Waals surface area contributed by atoms with E-state index in [1.807, 2.05) is 0 Å². The molecule has 2 aromatic heterocycles. The summed E-state index contributed by atoms with van der Waals surface area (Å²) in [5.74, 6) is -0.00638. The Hall–Kier alpha value is -2.47. The van der Waals surface area contributed by atoms with E-state index in [0.717, 1.165) is 16.0 Å². The molecular weight excluding hydrogens is 358 g/mol. The number of piperidine rings is 1. The summed E-state index contributed by atoms with van der Waals surface area (Å²) in [7, 11) is 0. The quantitative estimate of drug-likeness (QED) is 0.719. The van der Waals surface area contributed by atoms with Crippen molar-refractivity contribution < 1.29 is 9.90 Å². The first-order chi connectivity index (χ1) is 13.0. The molecule has 0 amide bonds. The van der Waals surface area contributed by atoms with E-state index in [1.165, 1.54) is 27.1 Å². The third-order valence-corrected chi connectivity index (χ3v) is 6.60. The summed E-state index contributed by atoms with van der Waals surface area (Å²) < 4.78 is 0. The Morgan fingerprint density at radius 1 is 1.15 bits per heavy atom. The zero-order valence-corrected chi connectivity index (χ0v) is 16.6. The number of carbonyl (C=O) groups is 1. The highest BCUT2D eigenvalue weighted by atomic mass is 32.1. The number of aryl methyl sites for hydroxylation is 3. The van der Waals surface area contributed by atoms with E-state index < -0.39 is 5.97 Å². The number of anilines is 1. The van der Waals surface area contributed by atoms with Crippen LogP contribution in [-0.4, -0.2) is 34.1 Å². The molecule has 1 N–H and O–H groups in total. The Bertz CT molecular complexity index is 1020. The number of hydrogen-bond donors (Lipinski definition) is 1. The van der Waals surface area contributed by atoms with E-state index in [1.54, 1.807) is 17.7 Å². The van der Waals surface area contributed by atoms with Crippen molar-refractivity contribution in [2.45, 2.75) is 33.6 Å². The molecule has 1 aliphatic heterocycles. The van der Waals surface area contributed by atoms with Gasteiger partial charge >= 0.3 is 5.97 Å². The standard InChI is InChI=1S/C21H23N3O2S/c1-12-4-5-16(10-13(12)2)17-14(3)27-20-18(17)19(22-11-23-20)24-8-6-15(7-9-24)21(25)26/h4-5,10-11,15H,6-9H2,1-3H3,(H,25,26). The number of carboxylic acid groups (broad SMARTS) is 1. The van der Waals surface area contributed by atoms with E-state index in [0.29, 0.717) is 25.9 Å². The second kappa shape index (κ2) is 6.93. The molecule has 0 unspecified atom stereocenters. The molecule has 1 aliphatic rings. The largest absolute Gasteiger partial charge is 0.481 e. The van der Waals surface area contributed by atoms with E-state index in [9.17, 15) is 9.90 Å². The van der Waals surface area contributed by atoms with Crippen molar-refractivity contribution in [2.75, 3.05) is 18.0 Å². The third-order valence-electron chi connectivity index (χ3n) is 5.58. The molecule has 0 atom stereocenters. The van der Waals surface area contributed by atoms with E-state index in [-0.39, 0.29) is 5.92 Å². The second-order valence-electron chi connectivity index (χ2n) is 7.31. The van der Waals surface area contributed by atoms with Gasteiger partial charge in [0.15, 0.2) is 0 Å². The number of benzene rings is 1. The van der Waals surface area contributed by atoms with Crippen LogP contribution in [-0.2, 0) is 4.79 Å². The summed E-state index contributed by atoms with van der Waals surface area (Å²) in [4.78, 5) is 24.8.